The van der Waals surface area contributed by atoms with E-state index in [1.807, 2.05) is 60.8 Å². The van der Waals surface area contributed by atoms with Crippen LogP contribution in [0.25, 0.3) is 10.9 Å². The van der Waals surface area contributed by atoms with E-state index in [0.29, 0.717) is 6.42 Å². The summed E-state index contributed by atoms with van der Waals surface area (Å²) in [5.74, 6) is -0.931. The lowest BCUT2D eigenvalue weighted by Crippen LogP contribution is -2.62. The Kier molecular flexibility index (Phi) is 5.79. The number of carbonyl (C=O) groups excluding carboxylic acids is 3. The van der Waals surface area contributed by atoms with Crippen molar-refractivity contribution >= 4 is 28.7 Å². The van der Waals surface area contributed by atoms with Crippen molar-refractivity contribution in [3.05, 3.63) is 71.9 Å². The number of hydrogen-bond donors (Lipinski definition) is 3. The Morgan fingerprint density at radius 3 is 2.43 bits per heavy atom. The largest absolute Gasteiger partial charge is 0.461 e. The first-order valence-electron chi connectivity index (χ1n) is 9.95. The summed E-state index contributed by atoms with van der Waals surface area (Å²) in [4.78, 5) is 40.1. The Morgan fingerprint density at radius 1 is 0.900 bits per heavy atom. The average molecular weight is 405 g/mol. The zero-order chi connectivity index (χ0) is 20.9. The van der Waals surface area contributed by atoms with Gasteiger partial charge in [-0.05, 0) is 23.6 Å². The molecule has 1 aliphatic heterocycles. The molecule has 2 amide bonds. The fourth-order valence-electron chi connectivity index (χ4n) is 3.62. The van der Waals surface area contributed by atoms with Crippen molar-refractivity contribution in [1.29, 1.82) is 0 Å². The number of piperazine rings is 1. The molecule has 0 unspecified atom stereocenters. The topological polar surface area (TPSA) is 100 Å². The molecule has 0 aliphatic carbocycles. The van der Waals surface area contributed by atoms with Crippen LogP contribution in [0.15, 0.2) is 60.8 Å². The number of amides is 2. The number of fused-ring (bicyclic) bond motifs is 1. The molecule has 0 bridgehead atoms. The molecular weight excluding hydrogens is 382 g/mol. The molecule has 0 radical (unpaired) electrons. The first kappa shape index (κ1) is 19.7. The van der Waals surface area contributed by atoms with Crippen LogP contribution in [0.5, 0.6) is 0 Å². The summed E-state index contributed by atoms with van der Waals surface area (Å²) < 4.78 is 5.23. The van der Waals surface area contributed by atoms with E-state index in [0.717, 1.165) is 22.0 Å². The number of nitrogens with one attached hydrogen (secondary N) is 3. The van der Waals surface area contributed by atoms with Crippen LogP contribution in [-0.4, -0.2) is 34.9 Å². The lowest BCUT2D eigenvalue weighted by Gasteiger charge is -2.29. The van der Waals surface area contributed by atoms with Crippen LogP contribution in [0.2, 0.25) is 0 Å². The number of rotatable bonds is 7. The minimum atomic E-state index is -0.735. The van der Waals surface area contributed by atoms with Gasteiger partial charge in [0, 0.05) is 29.9 Å². The number of aromatic nitrogens is 1. The maximum atomic E-state index is 12.5. The number of benzene rings is 2. The molecule has 1 fully saturated rings. The van der Waals surface area contributed by atoms with Crippen molar-refractivity contribution in [3.63, 3.8) is 0 Å². The lowest BCUT2D eigenvalue weighted by atomic mass is 10.00. The van der Waals surface area contributed by atoms with E-state index < -0.39 is 18.1 Å². The predicted octanol–water partition coefficient (Wildman–Crippen LogP) is 2.22. The average Bonchev–Trinajstić information content (AvgIpc) is 3.17. The number of carbonyl (C=O) groups is 3. The van der Waals surface area contributed by atoms with Crippen molar-refractivity contribution in [2.45, 2.75) is 38.0 Å². The van der Waals surface area contributed by atoms with Gasteiger partial charge in [0.05, 0.1) is 0 Å². The molecule has 1 aromatic heterocycles. The van der Waals surface area contributed by atoms with Gasteiger partial charge in [0.2, 0.25) is 11.8 Å². The molecule has 0 spiro atoms. The van der Waals surface area contributed by atoms with E-state index in [4.69, 9.17) is 4.74 Å². The Morgan fingerprint density at radius 2 is 1.60 bits per heavy atom. The van der Waals surface area contributed by atoms with Crippen molar-refractivity contribution in [2.24, 2.45) is 0 Å². The molecule has 2 atom stereocenters. The first-order chi connectivity index (χ1) is 14.6. The third-order valence-corrected chi connectivity index (χ3v) is 5.24. The number of para-hydroxylation sites is 1. The maximum Gasteiger partial charge on any atom is 0.306 e. The van der Waals surface area contributed by atoms with Crippen LogP contribution < -0.4 is 10.6 Å². The van der Waals surface area contributed by atoms with Gasteiger partial charge in [-0.1, -0.05) is 48.5 Å². The van der Waals surface area contributed by atoms with Crippen LogP contribution in [0.4, 0.5) is 0 Å². The number of ether oxygens (including phenoxy) is 1. The highest BCUT2D eigenvalue weighted by molar-refractivity contribution is 5.97. The van der Waals surface area contributed by atoms with Gasteiger partial charge in [-0.3, -0.25) is 14.4 Å². The van der Waals surface area contributed by atoms with E-state index in [-0.39, 0.29) is 31.3 Å². The zero-order valence-electron chi connectivity index (χ0n) is 16.4. The van der Waals surface area contributed by atoms with Gasteiger partial charge in [-0.25, -0.2) is 0 Å². The number of aromatic amines is 1. The zero-order valence-corrected chi connectivity index (χ0v) is 16.4. The minimum absolute atomic E-state index is 0.0539. The maximum absolute atomic E-state index is 12.5. The molecule has 7 nitrogen and oxygen atoms in total. The molecule has 7 heteroatoms. The fraction of sp³-hybridized carbons (Fsp3) is 0.261. The summed E-state index contributed by atoms with van der Waals surface area (Å²) in [7, 11) is 0. The molecule has 30 heavy (non-hydrogen) atoms. The Balaban J connectivity index is 1.28. The molecule has 2 heterocycles. The normalized spacial score (nSPS) is 18.7. The number of H-pyrrole nitrogens is 1. The third kappa shape index (κ3) is 4.51. The van der Waals surface area contributed by atoms with Gasteiger partial charge in [0.25, 0.3) is 0 Å². The molecule has 1 aliphatic rings. The highest BCUT2D eigenvalue weighted by Crippen LogP contribution is 2.20. The summed E-state index contributed by atoms with van der Waals surface area (Å²) >= 11 is 0. The quantitative estimate of drug-likeness (QED) is 0.525. The molecule has 3 N–H and O–H groups in total. The van der Waals surface area contributed by atoms with Crippen molar-refractivity contribution in [3.8, 4) is 0 Å². The predicted molar refractivity (Wildman–Crippen MR) is 111 cm³/mol. The van der Waals surface area contributed by atoms with Crippen LogP contribution in [0, 0.1) is 0 Å². The number of esters is 1. The van der Waals surface area contributed by atoms with Crippen LogP contribution in [-0.2, 0) is 32.1 Å². The second kappa shape index (κ2) is 8.82. The Hall–Kier alpha value is -3.61. The van der Waals surface area contributed by atoms with Gasteiger partial charge in [-0.2, -0.15) is 0 Å². The fourth-order valence-corrected chi connectivity index (χ4v) is 3.62. The van der Waals surface area contributed by atoms with Crippen molar-refractivity contribution < 1.29 is 19.1 Å². The Bertz CT molecular complexity index is 1060. The third-order valence-electron chi connectivity index (χ3n) is 5.24. The second-order valence-electron chi connectivity index (χ2n) is 7.37. The molecular formula is C23H23N3O4. The SMILES string of the molecule is O=C(CC[C@@H]1NC(=O)[C@H](Cc2c[nH]c3ccccc23)NC1=O)OCc1ccccc1. The highest BCUT2D eigenvalue weighted by Gasteiger charge is 2.34. The summed E-state index contributed by atoms with van der Waals surface area (Å²) in [6, 6.07) is 15.8. The van der Waals surface area contributed by atoms with Gasteiger partial charge in [0.15, 0.2) is 0 Å². The monoisotopic (exact) mass is 405 g/mol. The molecule has 0 saturated carbocycles. The van der Waals surface area contributed by atoms with Gasteiger partial charge < -0.3 is 20.4 Å². The summed E-state index contributed by atoms with van der Waals surface area (Å²) in [6.07, 6.45) is 2.51. The highest BCUT2D eigenvalue weighted by atomic mass is 16.5. The molecule has 1 saturated heterocycles. The van der Waals surface area contributed by atoms with Gasteiger partial charge in [-0.15, -0.1) is 0 Å². The van der Waals surface area contributed by atoms with Crippen LogP contribution in [0.3, 0.4) is 0 Å². The summed E-state index contributed by atoms with van der Waals surface area (Å²) in [5, 5.41) is 6.55. The van der Waals surface area contributed by atoms with E-state index in [9.17, 15) is 14.4 Å². The van der Waals surface area contributed by atoms with Gasteiger partial charge >= 0.3 is 5.97 Å². The van der Waals surface area contributed by atoms with Crippen LogP contribution >= 0.6 is 0 Å². The summed E-state index contributed by atoms with van der Waals surface area (Å²) in [5.41, 5.74) is 2.85. The van der Waals surface area contributed by atoms with E-state index in [2.05, 4.69) is 15.6 Å². The lowest BCUT2D eigenvalue weighted by molar-refractivity contribution is -0.146. The van der Waals surface area contributed by atoms with Gasteiger partial charge in [0.1, 0.15) is 18.7 Å². The molecule has 2 aromatic carbocycles. The number of hydrogen-bond acceptors (Lipinski definition) is 4. The second-order valence-corrected chi connectivity index (χ2v) is 7.37. The van der Waals surface area contributed by atoms with Crippen molar-refractivity contribution in [2.75, 3.05) is 0 Å². The minimum Gasteiger partial charge on any atom is -0.461 e. The van der Waals surface area contributed by atoms with E-state index in [1.165, 1.54) is 0 Å². The summed E-state index contributed by atoms with van der Waals surface area (Å²) in [6.45, 7) is 0.190. The van der Waals surface area contributed by atoms with Crippen LogP contribution in [0.1, 0.15) is 24.0 Å². The first-order valence-corrected chi connectivity index (χ1v) is 9.95. The standard InChI is InChI=1S/C23H23N3O4/c27-21(30-14-15-6-2-1-3-7-15)11-10-19-22(28)26-20(23(29)25-19)12-16-13-24-18-9-5-4-8-17(16)18/h1-9,13,19-20,24H,10-12,14H2,(H,25,29)(H,26,28)/t19-,20-/m0/s1. The molecule has 3 aromatic rings. The molecule has 154 valence electrons. The van der Waals surface area contributed by atoms with E-state index >= 15 is 0 Å². The smallest absolute Gasteiger partial charge is 0.306 e. The molecule has 4 rings (SSSR count). The Labute approximate surface area is 173 Å². The van der Waals surface area contributed by atoms with E-state index in [1.54, 1.807) is 0 Å². The van der Waals surface area contributed by atoms with Crippen molar-refractivity contribution in [1.82, 2.24) is 15.6 Å².